The van der Waals surface area contributed by atoms with Crippen LogP contribution < -0.4 is 0 Å². The summed E-state index contributed by atoms with van der Waals surface area (Å²) in [5.41, 5.74) is 2.12. The van der Waals surface area contributed by atoms with E-state index in [0.717, 1.165) is 64.2 Å². The summed E-state index contributed by atoms with van der Waals surface area (Å²) in [6.45, 7) is 1.02. The average molecular weight is 593 g/mol. The van der Waals surface area contributed by atoms with Crippen molar-refractivity contribution in [2.24, 2.45) is 0 Å². The fourth-order valence-corrected chi connectivity index (χ4v) is 5.83. The molecule has 2 aliphatic rings. The lowest BCUT2D eigenvalue weighted by Crippen LogP contribution is -2.30. The monoisotopic (exact) mass is 592 g/mol. The van der Waals surface area contributed by atoms with E-state index in [2.05, 4.69) is 23.7 Å². The first-order valence-corrected chi connectivity index (χ1v) is 16.5. The highest BCUT2D eigenvalue weighted by atomic mass is 16.2. The zero-order valence-corrected chi connectivity index (χ0v) is 25.9. The number of benzene rings is 2. The zero-order chi connectivity index (χ0) is 31.0. The van der Waals surface area contributed by atoms with E-state index in [9.17, 15) is 19.2 Å². The molecule has 0 spiro atoms. The van der Waals surface area contributed by atoms with Gasteiger partial charge in [0, 0.05) is 25.9 Å². The Morgan fingerprint density at radius 2 is 0.659 bits per heavy atom. The maximum atomic E-state index is 12.4. The Morgan fingerprint density at radius 1 is 0.386 bits per heavy atom. The number of hydrogen-bond donors (Lipinski definition) is 0. The number of fused-ring (bicyclic) bond motifs is 2. The predicted octanol–water partition coefficient (Wildman–Crippen LogP) is 7.83. The molecule has 0 saturated carbocycles. The van der Waals surface area contributed by atoms with Crippen molar-refractivity contribution in [3.63, 3.8) is 0 Å². The minimum atomic E-state index is -0.156. The van der Waals surface area contributed by atoms with E-state index in [1.54, 1.807) is 48.5 Å². The summed E-state index contributed by atoms with van der Waals surface area (Å²) in [5, 5.41) is 0. The molecule has 0 aromatic heterocycles. The van der Waals surface area contributed by atoms with Gasteiger partial charge in [-0.25, -0.2) is 0 Å². The molecule has 2 aromatic rings. The lowest BCUT2D eigenvalue weighted by Gasteiger charge is -2.13. The van der Waals surface area contributed by atoms with Crippen molar-refractivity contribution in [3.05, 3.63) is 70.8 Å². The van der Waals surface area contributed by atoms with Crippen molar-refractivity contribution in [3.8, 4) is 23.7 Å². The molecule has 0 radical (unpaired) electrons. The molecule has 0 fully saturated rings. The minimum absolute atomic E-state index is 0.156. The third-order valence-corrected chi connectivity index (χ3v) is 8.36. The van der Waals surface area contributed by atoms with Crippen molar-refractivity contribution in [2.45, 2.75) is 103 Å². The third-order valence-electron chi connectivity index (χ3n) is 8.36. The largest absolute Gasteiger partial charge is 0.274 e. The van der Waals surface area contributed by atoms with Crippen LogP contribution in [0.1, 0.15) is 144 Å². The summed E-state index contributed by atoms with van der Waals surface area (Å²) in [4.78, 5) is 52.3. The fourth-order valence-electron chi connectivity index (χ4n) is 5.83. The molecule has 0 saturated heterocycles. The van der Waals surface area contributed by atoms with Crippen molar-refractivity contribution in [2.75, 3.05) is 13.1 Å². The first kappa shape index (κ1) is 32.7. The quantitative estimate of drug-likeness (QED) is 0.100. The maximum Gasteiger partial charge on any atom is 0.261 e. The smallest absolute Gasteiger partial charge is 0.261 e. The highest BCUT2D eigenvalue weighted by molar-refractivity contribution is 6.22. The molecule has 0 N–H and O–H groups in total. The standard InChI is InChI=1S/C38H44N2O4/c41-35-31-25-19-20-26-32(31)36(42)39(35)29-23-17-15-13-11-9-7-5-3-1-2-4-6-8-10-12-14-16-18-24-30-40-37(43)33-27-21-22-28-34(33)38(40)44/h19-22,25-28H,5-18,23-24,29-30H2. The van der Waals surface area contributed by atoms with E-state index in [4.69, 9.17) is 0 Å². The summed E-state index contributed by atoms with van der Waals surface area (Å²) < 4.78 is 0. The van der Waals surface area contributed by atoms with Gasteiger partial charge in [0.1, 0.15) is 0 Å². The molecule has 6 heteroatoms. The first-order chi connectivity index (χ1) is 21.6. The molecule has 0 aliphatic carbocycles. The molecule has 230 valence electrons. The van der Waals surface area contributed by atoms with Gasteiger partial charge in [-0.1, -0.05) is 100 Å². The summed E-state index contributed by atoms with van der Waals surface area (Å²) >= 11 is 0. The summed E-state index contributed by atoms with van der Waals surface area (Å²) in [5.74, 6) is 11.7. The normalized spacial score (nSPS) is 13.5. The molecule has 4 amide bonds. The second-order valence-electron chi connectivity index (χ2n) is 11.7. The van der Waals surface area contributed by atoms with Gasteiger partial charge >= 0.3 is 0 Å². The van der Waals surface area contributed by atoms with Gasteiger partial charge in [0.05, 0.1) is 22.3 Å². The molecule has 2 aliphatic heterocycles. The van der Waals surface area contributed by atoms with E-state index >= 15 is 0 Å². The summed E-state index contributed by atoms with van der Waals surface area (Å²) in [6, 6.07) is 14.1. The average Bonchev–Trinajstić information content (AvgIpc) is 3.43. The van der Waals surface area contributed by atoms with Crippen LogP contribution in [0.5, 0.6) is 0 Å². The Bertz CT molecular complexity index is 1260. The predicted molar refractivity (Wildman–Crippen MR) is 173 cm³/mol. The number of carbonyl (C=O) groups is 4. The second kappa shape index (κ2) is 17.8. The van der Waals surface area contributed by atoms with Crippen molar-refractivity contribution >= 4 is 23.6 Å². The van der Waals surface area contributed by atoms with Gasteiger partial charge in [0.25, 0.3) is 23.6 Å². The highest BCUT2D eigenvalue weighted by Crippen LogP contribution is 2.24. The van der Waals surface area contributed by atoms with Crippen molar-refractivity contribution in [1.29, 1.82) is 0 Å². The molecular weight excluding hydrogens is 548 g/mol. The Hall–Kier alpha value is -4.16. The maximum absolute atomic E-state index is 12.4. The SMILES string of the molecule is O=C1c2ccccc2C(=O)N1CCCCCCCCCC#CC#CCCCCCCCCCN1C(=O)c2ccccc2C1=O. The van der Waals surface area contributed by atoms with Crippen LogP contribution in [-0.4, -0.2) is 46.5 Å². The number of unbranched alkanes of at least 4 members (excludes halogenated alkanes) is 14. The number of carbonyl (C=O) groups excluding carboxylic acids is 4. The molecule has 6 nitrogen and oxygen atoms in total. The molecule has 2 aromatic carbocycles. The number of amides is 4. The lowest BCUT2D eigenvalue weighted by atomic mass is 10.1. The Labute approximate surface area is 262 Å². The zero-order valence-electron chi connectivity index (χ0n) is 25.9. The van der Waals surface area contributed by atoms with Gasteiger partial charge in [-0.15, -0.1) is 0 Å². The van der Waals surface area contributed by atoms with Gasteiger partial charge in [0.2, 0.25) is 0 Å². The van der Waals surface area contributed by atoms with Crippen LogP contribution in [0.15, 0.2) is 48.5 Å². The van der Waals surface area contributed by atoms with E-state index < -0.39 is 0 Å². The van der Waals surface area contributed by atoms with Crippen LogP contribution >= 0.6 is 0 Å². The number of hydrogen-bond acceptors (Lipinski definition) is 4. The van der Waals surface area contributed by atoms with Crippen LogP contribution in [0.4, 0.5) is 0 Å². The topological polar surface area (TPSA) is 74.8 Å². The molecule has 0 unspecified atom stereocenters. The van der Waals surface area contributed by atoms with Gasteiger partial charge in [0.15, 0.2) is 0 Å². The van der Waals surface area contributed by atoms with Crippen molar-refractivity contribution in [1.82, 2.24) is 9.80 Å². The van der Waals surface area contributed by atoms with E-state index in [0.29, 0.717) is 35.3 Å². The Balaban J connectivity index is 0.898. The number of rotatable bonds is 18. The molecule has 2 heterocycles. The van der Waals surface area contributed by atoms with Crippen LogP contribution in [0, 0.1) is 23.7 Å². The molecule has 4 rings (SSSR count). The van der Waals surface area contributed by atoms with Gasteiger partial charge in [-0.3, -0.25) is 29.0 Å². The number of nitrogens with zero attached hydrogens (tertiary/aromatic N) is 2. The van der Waals surface area contributed by atoms with Gasteiger partial charge in [-0.2, -0.15) is 0 Å². The van der Waals surface area contributed by atoms with Gasteiger partial charge < -0.3 is 0 Å². The van der Waals surface area contributed by atoms with Crippen LogP contribution in [0.2, 0.25) is 0 Å². The van der Waals surface area contributed by atoms with E-state index in [1.807, 2.05) is 0 Å². The molecule has 0 bridgehead atoms. The third kappa shape index (κ3) is 9.17. The van der Waals surface area contributed by atoms with Crippen LogP contribution in [-0.2, 0) is 0 Å². The van der Waals surface area contributed by atoms with Gasteiger partial charge in [-0.05, 0) is 61.8 Å². The van der Waals surface area contributed by atoms with E-state index in [1.165, 1.54) is 48.3 Å². The summed E-state index contributed by atoms with van der Waals surface area (Å²) in [7, 11) is 0. The lowest BCUT2D eigenvalue weighted by molar-refractivity contribution is 0.0636. The fraction of sp³-hybridized carbons (Fsp3) is 0.474. The van der Waals surface area contributed by atoms with Crippen molar-refractivity contribution < 1.29 is 19.2 Å². The molecule has 0 atom stereocenters. The Morgan fingerprint density at radius 3 is 0.977 bits per heavy atom. The highest BCUT2D eigenvalue weighted by Gasteiger charge is 2.35. The first-order valence-electron chi connectivity index (χ1n) is 16.5. The minimum Gasteiger partial charge on any atom is -0.274 e. The Kier molecular flexibility index (Phi) is 13.3. The summed E-state index contributed by atoms with van der Waals surface area (Å²) in [6.07, 6.45) is 17.1. The van der Waals surface area contributed by atoms with Crippen LogP contribution in [0.25, 0.3) is 0 Å². The number of imide groups is 2. The van der Waals surface area contributed by atoms with E-state index in [-0.39, 0.29) is 23.6 Å². The van der Waals surface area contributed by atoms with Crippen LogP contribution in [0.3, 0.4) is 0 Å². The second-order valence-corrected chi connectivity index (χ2v) is 11.7. The molecule has 44 heavy (non-hydrogen) atoms. The molecular formula is C38H44N2O4.